The zero-order valence-electron chi connectivity index (χ0n) is 13.5. The van der Waals surface area contributed by atoms with Crippen LogP contribution in [0.25, 0.3) is 0 Å². The maximum absolute atomic E-state index is 12.3. The van der Waals surface area contributed by atoms with E-state index in [-0.39, 0.29) is 10.6 Å². The van der Waals surface area contributed by atoms with E-state index in [9.17, 15) is 18.5 Å². The topological polar surface area (TPSA) is 102 Å². The van der Waals surface area contributed by atoms with Gasteiger partial charge in [0.2, 0.25) is 0 Å². The molecule has 0 fully saturated rings. The van der Waals surface area contributed by atoms with Gasteiger partial charge >= 0.3 is 0 Å². The Morgan fingerprint density at radius 3 is 2.42 bits per heavy atom. The molecule has 0 saturated heterocycles. The van der Waals surface area contributed by atoms with Crippen molar-refractivity contribution in [1.29, 1.82) is 0 Å². The number of sulfonamides is 1. The normalized spacial score (nSPS) is 12.0. The van der Waals surface area contributed by atoms with Crippen molar-refractivity contribution in [1.82, 2.24) is 4.83 Å². The zero-order chi connectivity index (χ0) is 17.9. The van der Waals surface area contributed by atoms with Crippen LogP contribution in [0.2, 0.25) is 0 Å². The van der Waals surface area contributed by atoms with Gasteiger partial charge in [-0.1, -0.05) is 30.3 Å². The molecule has 0 aromatic heterocycles. The lowest BCUT2D eigenvalue weighted by Crippen LogP contribution is -2.20. The van der Waals surface area contributed by atoms with Crippen molar-refractivity contribution in [2.45, 2.75) is 25.7 Å². The molecule has 2 aromatic rings. The number of hydrazone groups is 1. The second-order valence-corrected chi connectivity index (χ2v) is 6.97. The number of nitrogens with zero attached hydrogens (tertiary/aromatic N) is 2. The van der Waals surface area contributed by atoms with Gasteiger partial charge in [-0.3, -0.25) is 10.1 Å². The fraction of sp³-hybridized carbons (Fsp3) is 0.188. The van der Waals surface area contributed by atoms with Crippen molar-refractivity contribution in [3.8, 4) is 0 Å². The molecule has 7 nitrogen and oxygen atoms in total. The molecule has 126 valence electrons. The smallest absolute Gasteiger partial charge is 0.258 e. The van der Waals surface area contributed by atoms with Crippen molar-refractivity contribution in [3.05, 3.63) is 69.3 Å². The van der Waals surface area contributed by atoms with Crippen LogP contribution in [0.15, 0.2) is 52.5 Å². The highest BCUT2D eigenvalue weighted by atomic mass is 32.2. The molecule has 0 spiro atoms. The number of nitrogens with one attached hydrogen (secondary N) is 1. The van der Waals surface area contributed by atoms with E-state index >= 15 is 0 Å². The molecule has 0 heterocycles. The van der Waals surface area contributed by atoms with E-state index < -0.39 is 14.9 Å². The molecule has 0 amide bonds. The molecule has 0 aliphatic carbocycles. The number of rotatable bonds is 5. The Hall–Kier alpha value is -2.74. The minimum atomic E-state index is -3.99. The summed E-state index contributed by atoms with van der Waals surface area (Å²) in [4.78, 5) is 12.3. The number of hydrogen-bond donors (Lipinski definition) is 1. The molecule has 0 atom stereocenters. The number of benzene rings is 2. The molecule has 0 bridgehead atoms. The van der Waals surface area contributed by atoms with Crippen LogP contribution in [0.5, 0.6) is 0 Å². The molecule has 0 saturated carbocycles. The Balaban J connectivity index is 2.32. The summed E-state index contributed by atoms with van der Waals surface area (Å²) < 4.78 is 24.6. The molecule has 2 aromatic carbocycles. The first-order chi connectivity index (χ1) is 11.2. The molecular formula is C16H17N3O4S. The predicted octanol–water partition coefficient (Wildman–Crippen LogP) is 2.91. The van der Waals surface area contributed by atoms with Crippen LogP contribution in [-0.4, -0.2) is 19.1 Å². The highest BCUT2D eigenvalue weighted by Crippen LogP contribution is 2.22. The molecule has 24 heavy (non-hydrogen) atoms. The number of hydrogen-bond acceptors (Lipinski definition) is 5. The third-order valence-electron chi connectivity index (χ3n) is 3.56. The van der Waals surface area contributed by atoms with Crippen LogP contribution in [0.1, 0.15) is 23.6 Å². The predicted molar refractivity (Wildman–Crippen MR) is 91.5 cm³/mol. The number of nitro groups is 1. The van der Waals surface area contributed by atoms with E-state index in [4.69, 9.17) is 0 Å². The number of nitro benzene ring substituents is 1. The van der Waals surface area contributed by atoms with Gasteiger partial charge in [0.25, 0.3) is 15.7 Å². The Kier molecular flexibility index (Phi) is 4.99. The van der Waals surface area contributed by atoms with Gasteiger partial charge in [0.05, 0.1) is 15.5 Å². The monoisotopic (exact) mass is 347 g/mol. The second kappa shape index (κ2) is 6.79. The molecule has 0 aliphatic heterocycles. The van der Waals surface area contributed by atoms with Crippen molar-refractivity contribution >= 4 is 21.4 Å². The highest BCUT2D eigenvalue weighted by Gasteiger charge is 2.19. The van der Waals surface area contributed by atoms with Gasteiger partial charge in [-0.05, 0) is 32.4 Å². The Labute approximate surface area is 140 Å². The van der Waals surface area contributed by atoms with Crippen LogP contribution >= 0.6 is 0 Å². The van der Waals surface area contributed by atoms with Crippen LogP contribution in [0.4, 0.5) is 5.69 Å². The van der Waals surface area contributed by atoms with Crippen LogP contribution in [-0.2, 0) is 10.0 Å². The van der Waals surface area contributed by atoms with E-state index in [1.54, 1.807) is 13.8 Å². The van der Waals surface area contributed by atoms with Gasteiger partial charge in [0.15, 0.2) is 0 Å². The summed E-state index contributed by atoms with van der Waals surface area (Å²) in [6.45, 7) is 5.12. The summed E-state index contributed by atoms with van der Waals surface area (Å²) in [5.74, 6) is 0. The average Bonchev–Trinajstić information content (AvgIpc) is 2.53. The van der Waals surface area contributed by atoms with Crippen molar-refractivity contribution in [3.63, 3.8) is 0 Å². The maximum Gasteiger partial charge on any atom is 0.276 e. The average molecular weight is 347 g/mol. The van der Waals surface area contributed by atoms with E-state index in [1.807, 2.05) is 31.2 Å². The third kappa shape index (κ3) is 3.77. The van der Waals surface area contributed by atoms with Gasteiger partial charge in [-0.25, -0.2) is 0 Å². The Morgan fingerprint density at radius 2 is 1.79 bits per heavy atom. The first-order valence-electron chi connectivity index (χ1n) is 7.09. The summed E-state index contributed by atoms with van der Waals surface area (Å²) in [6, 6.07) is 11.2. The van der Waals surface area contributed by atoms with Gasteiger partial charge < -0.3 is 0 Å². The fourth-order valence-electron chi connectivity index (χ4n) is 2.17. The quantitative estimate of drug-likeness (QED) is 0.510. The largest absolute Gasteiger partial charge is 0.276 e. The lowest BCUT2D eigenvalue weighted by Gasteiger charge is -2.07. The first kappa shape index (κ1) is 17.6. The third-order valence-corrected chi connectivity index (χ3v) is 4.76. The molecule has 0 radical (unpaired) electrons. The van der Waals surface area contributed by atoms with Gasteiger partial charge in [-0.15, -0.1) is 0 Å². The number of aryl methyl sites for hydroxylation is 2. The Bertz CT molecular complexity index is 921. The van der Waals surface area contributed by atoms with Gasteiger partial charge in [0.1, 0.15) is 0 Å². The van der Waals surface area contributed by atoms with E-state index in [1.165, 1.54) is 12.1 Å². The standard InChI is InChI=1S/C16H17N3O4S/c1-11-6-4-5-7-15(11)13(3)17-18-24(22,23)14-9-8-12(2)16(10-14)19(20)21/h4-10,18H,1-3H3/b17-13-. The summed E-state index contributed by atoms with van der Waals surface area (Å²) >= 11 is 0. The summed E-state index contributed by atoms with van der Waals surface area (Å²) in [5, 5.41) is 14.9. The minimum absolute atomic E-state index is 0.207. The summed E-state index contributed by atoms with van der Waals surface area (Å²) in [5.41, 5.74) is 2.41. The fourth-order valence-corrected chi connectivity index (χ4v) is 3.05. The van der Waals surface area contributed by atoms with Crippen molar-refractivity contribution in [2.75, 3.05) is 0 Å². The molecule has 0 aliphatic rings. The van der Waals surface area contributed by atoms with Crippen molar-refractivity contribution in [2.24, 2.45) is 5.10 Å². The van der Waals surface area contributed by atoms with Gasteiger partial charge in [-0.2, -0.15) is 18.4 Å². The minimum Gasteiger partial charge on any atom is -0.258 e. The van der Waals surface area contributed by atoms with E-state index in [2.05, 4.69) is 9.93 Å². The lowest BCUT2D eigenvalue weighted by molar-refractivity contribution is -0.385. The second-order valence-electron chi connectivity index (χ2n) is 5.31. The SMILES string of the molecule is C/C(=N/NS(=O)(=O)c1ccc(C)c([N+](=O)[O-])c1)c1ccccc1C. The van der Waals surface area contributed by atoms with Gasteiger partial charge in [0, 0.05) is 17.2 Å². The van der Waals surface area contributed by atoms with Crippen LogP contribution in [0, 0.1) is 24.0 Å². The molecule has 1 N–H and O–H groups in total. The van der Waals surface area contributed by atoms with E-state index in [0.29, 0.717) is 11.3 Å². The highest BCUT2D eigenvalue weighted by molar-refractivity contribution is 7.89. The molecular weight excluding hydrogens is 330 g/mol. The first-order valence-corrected chi connectivity index (χ1v) is 8.58. The van der Waals surface area contributed by atoms with Crippen LogP contribution < -0.4 is 4.83 Å². The Morgan fingerprint density at radius 1 is 1.12 bits per heavy atom. The van der Waals surface area contributed by atoms with Crippen LogP contribution in [0.3, 0.4) is 0 Å². The lowest BCUT2D eigenvalue weighted by atomic mass is 10.1. The molecule has 0 unspecified atom stereocenters. The molecule has 2 rings (SSSR count). The van der Waals surface area contributed by atoms with E-state index in [0.717, 1.165) is 17.2 Å². The summed E-state index contributed by atoms with van der Waals surface area (Å²) in [7, 11) is -3.99. The summed E-state index contributed by atoms with van der Waals surface area (Å²) in [6.07, 6.45) is 0. The van der Waals surface area contributed by atoms with Crippen molar-refractivity contribution < 1.29 is 13.3 Å². The zero-order valence-corrected chi connectivity index (χ0v) is 14.3. The molecule has 8 heteroatoms. The maximum atomic E-state index is 12.3.